The van der Waals surface area contributed by atoms with Gasteiger partial charge in [-0.15, -0.1) is 0 Å². The topological polar surface area (TPSA) is 78.9 Å². The highest BCUT2D eigenvalue weighted by atomic mass is 19.4. The van der Waals surface area contributed by atoms with Crippen LogP contribution in [0.2, 0.25) is 0 Å². The number of carbonyl (C=O) groups excluding carboxylic acids is 3. The summed E-state index contributed by atoms with van der Waals surface area (Å²) in [4.78, 5) is 33.1. The summed E-state index contributed by atoms with van der Waals surface area (Å²) in [5.74, 6) is -6.43. The number of halogens is 6. The number of methoxy groups -OCH3 is 1. The van der Waals surface area contributed by atoms with E-state index in [9.17, 15) is 40.7 Å². The molecule has 12 heteroatoms. The Morgan fingerprint density at radius 3 is 1.74 bits per heavy atom. The van der Waals surface area contributed by atoms with Gasteiger partial charge in [0.05, 0.1) is 7.11 Å². The number of carbonyl (C=O) groups is 3. The minimum atomic E-state index is -6.37. The second-order valence-electron chi connectivity index (χ2n) is 4.00. The molecule has 6 nitrogen and oxygen atoms in total. The van der Waals surface area contributed by atoms with Crippen molar-refractivity contribution in [2.75, 3.05) is 13.7 Å². The van der Waals surface area contributed by atoms with E-state index in [-0.39, 0.29) is 12.7 Å². The third-order valence-electron chi connectivity index (χ3n) is 2.21. The number of hydrogen-bond donors (Lipinski definition) is 0. The van der Waals surface area contributed by atoms with E-state index < -0.39 is 42.5 Å². The Kier molecular flexibility index (Phi) is 6.20. The first-order valence-electron chi connectivity index (χ1n) is 5.47. The molecule has 0 aliphatic heterocycles. The van der Waals surface area contributed by atoms with Crippen molar-refractivity contribution in [2.24, 2.45) is 0 Å². The Labute approximate surface area is 125 Å². The zero-order valence-corrected chi connectivity index (χ0v) is 11.6. The Morgan fingerprint density at radius 1 is 1.00 bits per heavy atom. The fraction of sp³-hybridized carbons (Fsp3) is 0.545. The summed E-state index contributed by atoms with van der Waals surface area (Å²) in [7, 11) is 0.240. The summed E-state index contributed by atoms with van der Waals surface area (Å²) in [6, 6.07) is 0. The zero-order chi connectivity index (χ0) is 18.6. The maximum Gasteiger partial charge on any atom is 0.449 e. The average molecular weight is 352 g/mol. The number of hydrogen-bond acceptors (Lipinski definition) is 6. The Hall–Kier alpha value is -2.27. The molecule has 0 atom stereocenters. The van der Waals surface area contributed by atoms with E-state index in [0.29, 0.717) is 0 Å². The summed E-state index contributed by atoms with van der Waals surface area (Å²) in [5.41, 5.74) is -5.81. The van der Waals surface area contributed by atoms with Crippen molar-refractivity contribution in [2.45, 2.75) is 24.9 Å². The molecule has 0 N–H and O–H groups in total. The molecular formula is C11H10F6O6. The lowest BCUT2D eigenvalue weighted by atomic mass is 10.0. The fourth-order valence-corrected chi connectivity index (χ4v) is 1.14. The van der Waals surface area contributed by atoms with Gasteiger partial charge < -0.3 is 14.2 Å². The molecule has 0 spiro atoms. The quantitative estimate of drug-likeness (QED) is 0.324. The summed E-state index contributed by atoms with van der Waals surface area (Å²) in [6.07, 6.45) is -12.7. The SMILES string of the molecule is C=C(C)C(=O)OCC(=O)OC(C(=O)OC)(C(F)(F)F)C(F)(F)F. The number of esters is 3. The minimum Gasteiger partial charge on any atom is -0.466 e. The monoisotopic (exact) mass is 352 g/mol. The van der Waals surface area contributed by atoms with Crippen LogP contribution in [0.25, 0.3) is 0 Å². The van der Waals surface area contributed by atoms with Gasteiger partial charge >= 0.3 is 35.9 Å². The summed E-state index contributed by atoms with van der Waals surface area (Å²) in [5, 5.41) is 0. The Bertz CT molecular complexity index is 492. The van der Waals surface area contributed by atoms with Crippen LogP contribution in [0.15, 0.2) is 12.2 Å². The fourth-order valence-electron chi connectivity index (χ4n) is 1.14. The van der Waals surface area contributed by atoms with E-state index >= 15 is 0 Å². The van der Waals surface area contributed by atoms with Crippen LogP contribution >= 0.6 is 0 Å². The molecule has 23 heavy (non-hydrogen) atoms. The second-order valence-corrected chi connectivity index (χ2v) is 4.00. The lowest BCUT2D eigenvalue weighted by Crippen LogP contribution is -2.65. The van der Waals surface area contributed by atoms with E-state index in [1.807, 2.05) is 0 Å². The van der Waals surface area contributed by atoms with Gasteiger partial charge in [-0.2, -0.15) is 26.3 Å². The molecule has 0 aromatic heterocycles. The molecule has 0 aliphatic carbocycles. The maximum absolute atomic E-state index is 12.8. The summed E-state index contributed by atoms with van der Waals surface area (Å²) >= 11 is 0. The lowest BCUT2D eigenvalue weighted by Gasteiger charge is -2.33. The summed E-state index contributed by atoms with van der Waals surface area (Å²) < 4.78 is 87.4. The van der Waals surface area contributed by atoms with E-state index in [4.69, 9.17) is 0 Å². The normalized spacial score (nSPS) is 12.3. The van der Waals surface area contributed by atoms with Crippen LogP contribution in [0.4, 0.5) is 26.3 Å². The van der Waals surface area contributed by atoms with Crippen LogP contribution in [0.5, 0.6) is 0 Å². The Morgan fingerprint density at radius 2 is 1.43 bits per heavy atom. The molecule has 0 heterocycles. The van der Waals surface area contributed by atoms with Crippen molar-refractivity contribution in [3.63, 3.8) is 0 Å². The van der Waals surface area contributed by atoms with Gasteiger partial charge in [0, 0.05) is 5.57 Å². The van der Waals surface area contributed by atoms with Crippen molar-refractivity contribution in [3.05, 3.63) is 12.2 Å². The van der Waals surface area contributed by atoms with Crippen LogP contribution in [0.3, 0.4) is 0 Å². The number of rotatable bonds is 5. The first kappa shape index (κ1) is 20.7. The van der Waals surface area contributed by atoms with Crippen molar-refractivity contribution >= 4 is 17.9 Å². The minimum absolute atomic E-state index is 0.240. The lowest BCUT2D eigenvalue weighted by molar-refractivity contribution is -0.358. The van der Waals surface area contributed by atoms with E-state index in [1.165, 1.54) is 0 Å². The van der Waals surface area contributed by atoms with Gasteiger partial charge in [-0.1, -0.05) is 6.58 Å². The highest BCUT2D eigenvalue weighted by molar-refractivity contribution is 5.89. The van der Waals surface area contributed by atoms with Gasteiger partial charge in [-0.25, -0.2) is 14.4 Å². The highest BCUT2D eigenvalue weighted by Crippen LogP contribution is 2.46. The molecule has 0 aliphatic rings. The summed E-state index contributed by atoms with van der Waals surface area (Å²) in [6.45, 7) is 2.58. The van der Waals surface area contributed by atoms with Crippen LogP contribution in [-0.2, 0) is 28.6 Å². The van der Waals surface area contributed by atoms with Crippen molar-refractivity contribution in [3.8, 4) is 0 Å². The number of alkyl halides is 6. The molecule has 0 aromatic carbocycles. The van der Waals surface area contributed by atoms with E-state index in [2.05, 4.69) is 20.8 Å². The van der Waals surface area contributed by atoms with Crippen LogP contribution in [0.1, 0.15) is 6.92 Å². The first-order chi connectivity index (χ1) is 10.2. The third kappa shape index (κ3) is 4.36. The number of ether oxygens (including phenoxy) is 3. The van der Waals surface area contributed by atoms with Crippen LogP contribution < -0.4 is 0 Å². The molecular weight excluding hydrogens is 342 g/mol. The van der Waals surface area contributed by atoms with E-state index in [1.54, 1.807) is 0 Å². The Balaban J connectivity index is 5.57. The second kappa shape index (κ2) is 6.87. The third-order valence-corrected chi connectivity index (χ3v) is 2.21. The van der Waals surface area contributed by atoms with Gasteiger partial charge in [0.1, 0.15) is 0 Å². The van der Waals surface area contributed by atoms with Gasteiger partial charge in [0.25, 0.3) is 0 Å². The molecule has 0 bridgehead atoms. The van der Waals surface area contributed by atoms with Gasteiger partial charge in [-0.3, -0.25) is 0 Å². The van der Waals surface area contributed by atoms with Crippen LogP contribution in [0, 0.1) is 0 Å². The maximum atomic E-state index is 12.8. The molecule has 0 rings (SSSR count). The van der Waals surface area contributed by atoms with Gasteiger partial charge in [-0.05, 0) is 6.92 Å². The van der Waals surface area contributed by atoms with Gasteiger partial charge in [0.2, 0.25) is 0 Å². The van der Waals surface area contributed by atoms with E-state index in [0.717, 1.165) is 6.92 Å². The highest BCUT2D eigenvalue weighted by Gasteiger charge is 2.80. The molecule has 0 amide bonds. The average Bonchev–Trinajstić information content (AvgIpc) is 2.38. The standard InChI is InChI=1S/C11H10F6O6/c1-5(2)7(19)22-4-6(18)23-9(8(20)21-3,10(12,13)14)11(15,16)17/h1,4H2,2-3H3. The molecule has 132 valence electrons. The van der Waals surface area contributed by atoms with Crippen molar-refractivity contribution in [1.82, 2.24) is 0 Å². The zero-order valence-electron chi connectivity index (χ0n) is 11.6. The molecule has 0 unspecified atom stereocenters. The molecule has 0 saturated heterocycles. The smallest absolute Gasteiger partial charge is 0.449 e. The largest absolute Gasteiger partial charge is 0.466 e. The molecule has 0 aromatic rings. The predicted octanol–water partition coefficient (Wildman–Crippen LogP) is 1.69. The van der Waals surface area contributed by atoms with Crippen molar-refractivity contribution in [1.29, 1.82) is 0 Å². The molecule has 0 radical (unpaired) electrons. The van der Waals surface area contributed by atoms with Crippen LogP contribution in [-0.4, -0.2) is 49.6 Å². The first-order valence-corrected chi connectivity index (χ1v) is 5.47. The van der Waals surface area contributed by atoms with Crippen molar-refractivity contribution < 1.29 is 54.9 Å². The van der Waals surface area contributed by atoms with Gasteiger partial charge in [0.15, 0.2) is 6.61 Å². The predicted molar refractivity (Wildman–Crippen MR) is 58.7 cm³/mol. The molecule has 0 saturated carbocycles. The molecule has 0 fully saturated rings.